The quantitative estimate of drug-likeness (QED) is 0.485. The van der Waals surface area contributed by atoms with E-state index in [0.29, 0.717) is 30.7 Å². The molecule has 1 aromatic heterocycles. The van der Waals surface area contributed by atoms with E-state index in [9.17, 15) is 14.7 Å². The van der Waals surface area contributed by atoms with Gasteiger partial charge < -0.3 is 15.1 Å². The van der Waals surface area contributed by atoms with Crippen molar-refractivity contribution in [1.29, 1.82) is 0 Å². The maximum absolute atomic E-state index is 12.4. The molecule has 0 aliphatic carbocycles. The number of carbonyl (C=O) groups is 2. The zero-order valence-corrected chi connectivity index (χ0v) is 17.2. The number of carboxylic acid groups (broad SMARTS) is 1. The number of piperidine rings is 1. The summed E-state index contributed by atoms with van der Waals surface area (Å²) in [5.74, 6) is 5.28. The molecule has 2 rings (SSSR count). The minimum absolute atomic E-state index is 0.0237. The maximum atomic E-state index is 12.4. The number of aromatic carboxylic acids is 1. The Morgan fingerprint density at radius 3 is 2.96 bits per heavy atom. The number of rotatable bonds is 9. The summed E-state index contributed by atoms with van der Waals surface area (Å²) in [4.78, 5) is 26.6. The number of hydrogen-bond acceptors (Lipinski definition) is 4. The van der Waals surface area contributed by atoms with Gasteiger partial charge in [-0.3, -0.25) is 4.79 Å². The smallest absolute Gasteiger partial charge is 0.345 e. The third-order valence-corrected chi connectivity index (χ3v) is 5.86. The monoisotopic (exact) mass is 403 g/mol. The van der Waals surface area contributed by atoms with Crippen LogP contribution in [0.3, 0.4) is 0 Å². The van der Waals surface area contributed by atoms with E-state index in [-0.39, 0.29) is 11.9 Å². The molecule has 0 aromatic carbocycles. The first kappa shape index (κ1) is 22.2. The molecule has 0 radical (unpaired) electrons. The highest BCUT2D eigenvalue weighted by Gasteiger charge is 2.25. The molecular formula is C22H29NO4S. The normalized spacial score (nSPS) is 18.1. The molecule has 0 bridgehead atoms. The number of carboxylic acids is 1. The van der Waals surface area contributed by atoms with Crippen LogP contribution in [-0.2, 0) is 11.2 Å². The van der Waals surface area contributed by atoms with Gasteiger partial charge >= 0.3 is 5.97 Å². The molecule has 1 aromatic rings. The van der Waals surface area contributed by atoms with Gasteiger partial charge in [0.05, 0.1) is 12.1 Å². The lowest BCUT2D eigenvalue weighted by molar-refractivity contribution is -0.135. The number of thiophene rings is 1. The van der Waals surface area contributed by atoms with Crippen LogP contribution in [-0.4, -0.2) is 45.7 Å². The second kappa shape index (κ2) is 11.7. The average Bonchev–Trinajstić information content (AvgIpc) is 3.14. The number of carbonyl (C=O) groups excluding carboxylic acids is 1. The molecule has 2 atom stereocenters. The largest absolute Gasteiger partial charge is 0.477 e. The van der Waals surface area contributed by atoms with E-state index in [0.717, 1.165) is 37.0 Å². The van der Waals surface area contributed by atoms with Crippen LogP contribution < -0.4 is 0 Å². The first-order chi connectivity index (χ1) is 13.5. The summed E-state index contributed by atoms with van der Waals surface area (Å²) in [6.45, 7) is 2.65. The van der Waals surface area contributed by atoms with Gasteiger partial charge in [-0.25, -0.2) is 4.79 Å². The van der Waals surface area contributed by atoms with E-state index in [4.69, 9.17) is 5.11 Å². The Bertz CT molecular complexity index is 743. The lowest BCUT2D eigenvalue weighted by Crippen LogP contribution is -2.43. The van der Waals surface area contributed by atoms with E-state index in [1.807, 2.05) is 24.0 Å². The van der Waals surface area contributed by atoms with Gasteiger partial charge in [-0.15, -0.1) is 23.2 Å². The Morgan fingerprint density at radius 1 is 1.43 bits per heavy atom. The minimum Gasteiger partial charge on any atom is -0.477 e. The molecule has 1 unspecified atom stereocenters. The summed E-state index contributed by atoms with van der Waals surface area (Å²) >= 11 is 1.29. The fourth-order valence-electron chi connectivity index (χ4n) is 3.27. The molecule has 0 spiro atoms. The predicted octanol–water partition coefficient (Wildman–Crippen LogP) is 3.87. The Balaban J connectivity index is 1.85. The van der Waals surface area contributed by atoms with Crippen molar-refractivity contribution in [3.8, 4) is 11.8 Å². The van der Waals surface area contributed by atoms with Crippen molar-refractivity contribution in [2.24, 2.45) is 0 Å². The third-order valence-electron chi connectivity index (χ3n) is 4.73. The average molecular weight is 404 g/mol. The van der Waals surface area contributed by atoms with Gasteiger partial charge in [-0.05, 0) is 44.2 Å². The summed E-state index contributed by atoms with van der Waals surface area (Å²) in [7, 11) is 0. The number of amides is 1. The van der Waals surface area contributed by atoms with Gasteiger partial charge in [0.15, 0.2) is 0 Å². The third kappa shape index (κ3) is 7.14. The first-order valence-electron chi connectivity index (χ1n) is 9.94. The molecule has 1 fully saturated rings. The summed E-state index contributed by atoms with van der Waals surface area (Å²) in [6, 6.07) is 3.50. The molecule has 1 saturated heterocycles. The van der Waals surface area contributed by atoms with Crippen LogP contribution in [0.5, 0.6) is 0 Å². The van der Waals surface area contributed by atoms with Crippen molar-refractivity contribution in [1.82, 2.24) is 4.90 Å². The van der Waals surface area contributed by atoms with Crippen LogP contribution in [0.25, 0.3) is 0 Å². The van der Waals surface area contributed by atoms with Crippen LogP contribution in [0, 0.1) is 11.8 Å². The number of hydrogen-bond donors (Lipinski definition) is 2. The first-order valence-corrected chi connectivity index (χ1v) is 10.8. The zero-order valence-electron chi connectivity index (χ0n) is 16.4. The highest BCUT2D eigenvalue weighted by molar-refractivity contribution is 7.13. The number of aliphatic hydroxyl groups is 1. The molecule has 1 amide bonds. The standard InChI is InChI=1S/C22H29NO4S/c1-2-3-4-5-9-18(24)13-12-17-8-6-11-21(25)23(17)16-7-10-19-14-15-20(28-19)22(26)27/h12-15,17-18,24H,2,5-11,16H2,1H3,(H,26,27)/b13-12+/t17?,18-/m0/s1. The molecule has 2 heterocycles. The lowest BCUT2D eigenvalue weighted by Gasteiger charge is -2.34. The van der Waals surface area contributed by atoms with Crippen molar-refractivity contribution >= 4 is 23.2 Å². The lowest BCUT2D eigenvalue weighted by atomic mass is 9.99. The summed E-state index contributed by atoms with van der Waals surface area (Å²) in [5.41, 5.74) is 0. The predicted molar refractivity (Wildman–Crippen MR) is 111 cm³/mol. The van der Waals surface area contributed by atoms with Crippen LogP contribution in [0.4, 0.5) is 0 Å². The summed E-state index contributed by atoms with van der Waals surface area (Å²) in [5, 5.41) is 19.1. The second-order valence-corrected chi connectivity index (χ2v) is 8.09. The van der Waals surface area contributed by atoms with Crippen molar-refractivity contribution in [2.75, 3.05) is 6.54 Å². The fourth-order valence-corrected chi connectivity index (χ4v) is 4.16. The molecular weight excluding hydrogens is 374 g/mol. The molecule has 1 aliphatic heterocycles. The molecule has 2 N–H and O–H groups in total. The molecule has 28 heavy (non-hydrogen) atoms. The fraction of sp³-hybridized carbons (Fsp3) is 0.545. The van der Waals surface area contributed by atoms with Crippen LogP contribution in [0.2, 0.25) is 0 Å². The molecule has 0 saturated carbocycles. The van der Waals surface area contributed by atoms with Crippen molar-refractivity contribution < 1.29 is 19.8 Å². The van der Waals surface area contributed by atoms with Gasteiger partial charge in [0.1, 0.15) is 4.88 Å². The SMILES string of the molecule is CCC#CCC[C@H](O)/C=C/C1CCCC(=O)N1CCCc1ccc(C(=O)O)s1. The Kier molecular flexibility index (Phi) is 9.26. The van der Waals surface area contributed by atoms with Gasteiger partial charge in [0, 0.05) is 30.7 Å². The number of likely N-dealkylation sites (tertiary alicyclic amines) is 1. The van der Waals surface area contributed by atoms with E-state index in [1.165, 1.54) is 11.3 Å². The number of aryl methyl sites for hydroxylation is 1. The Morgan fingerprint density at radius 2 is 2.25 bits per heavy atom. The Hall–Kier alpha value is -2.10. The van der Waals surface area contributed by atoms with E-state index >= 15 is 0 Å². The van der Waals surface area contributed by atoms with E-state index < -0.39 is 12.1 Å². The van der Waals surface area contributed by atoms with Crippen molar-refractivity contribution in [2.45, 2.75) is 70.4 Å². The molecule has 5 nitrogen and oxygen atoms in total. The summed E-state index contributed by atoms with van der Waals surface area (Å²) in [6.07, 6.45) is 9.23. The van der Waals surface area contributed by atoms with Gasteiger partial charge in [-0.1, -0.05) is 19.1 Å². The van der Waals surface area contributed by atoms with Gasteiger partial charge in [0.2, 0.25) is 5.91 Å². The maximum Gasteiger partial charge on any atom is 0.345 e. The highest BCUT2D eigenvalue weighted by Crippen LogP contribution is 2.22. The minimum atomic E-state index is -0.896. The van der Waals surface area contributed by atoms with Crippen LogP contribution in [0.15, 0.2) is 24.3 Å². The molecule has 152 valence electrons. The summed E-state index contributed by atoms with van der Waals surface area (Å²) < 4.78 is 0. The van der Waals surface area contributed by atoms with Crippen LogP contribution >= 0.6 is 11.3 Å². The van der Waals surface area contributed by atoms with Crippen LogP contribution in [0.1, 0.15) is 66.4 Å². The van der Waals surface area contributed by atoms with Crippen molar-refractivity contribution in [3.63, 3.8) is 0 Å². The van der Waals surface area contributed by atoms with Gasteiger partial charge in [0.25, 0.3) is 0 Å². The number of aliphatic hydroxyl groups excluding tert-OH is 1. The second-order valence-electron chi connectivity index (χ2n) is 6.92. The zero-order chi connectivity index (χ0) is 20.4. The Labute approximate surface area is 171 Å². The molecule has 6 heteroatoms. The topological polar surface area (TPSA) is 77.8 Å². The van der Waals surface area contributed by atoms with Gasteiger partial charge in [-0.2, -0.15) is 0 Å². The molecule has 1 aliphatic rings. The van der Waals surface area contributed by atoms with E-state index in [1.54, 1.807) is 12.1 Å². The van der Waals surface area contributed by atoms with E-state index in [2.05, 4.69) is 11.8 Å². The highest BCUT2D eigenvalue weighted by atomic mass is 32.1. The van der Waals surface area contributed by atoms with Crippen molar-refractivity contribution in [3.05, 3.63) is 34.0 Å². The number of nitrogens with zero attached hydrogens (tertiary/aromatic N) is 1.